The minimum atomic E-state index is -0.238. The van der Waals surface area contributed by atoms with Crippen LogP contribution in [0.5, 0.6) is 0 Å². The van der Waals surface area contributed by atoms with Crippen molar-refractivity contribution < 1.29 is 14.4 Å². The van der Waals surface area contributed by atoms with Crippen molar-refractivity contribution in [1.29, 1.82) is 0 Å². The van der Waals surface area contributed by atoms with E-state index in [0.717, 1.165) is 50.8 Å². The van der Waals surface area contributed by atoms with Crippen LogP contribution in [0.15, 0.2) is 11.8 Å². The Morgan fingerprint density at radius 3 is 2.75 bits per heavy atom. The number of carbonyl (C=O) groups excluding carboxylic acids is 2. The Labute approximate surface area is 169 Å². The highest BCUT2D eigenvalue weighted by Gasteiger charge is 2.62. The monoisotopic (exact) mass is 388 g/mol. The second-order valence-electron chi connectivity index (χ2n) is 10.0. The van der Waals surface area contributed by atoms with Crippen molar-refractivity contribution in [3.8, 4) is 0 Å². The molecule has 0 aromatic rings. The van der Waals surface area contributed by atoms with E-state index in [1.54, 1.807) is 0 Å². The fourth-order valence-corrected chi connectivity index (χ4v) is 6.86. The van der Waals surface area contributed by atoms with Crippen LogP contribution >= 0.6 is 0 Å². The van der Waals surface area contributed by atoms with E-state index in [9.17, 15) is 9.59 Å². The molecule has 2 N–H and O–H groups in total. The van der Waals surface area contributed by atoms with Crippen molar-refractivity contribution in [1.82, 2.24) is 10.8 Å². The van der Waals surface area contributed by atoms with Gasteiger partial charge in [-0.3, -0.25) is 19.9 Å². The maximum atomic E-state index is 13.3. The standard InChI is InChI=1S/C23H36N2O3/c1-22-9-7-16(25-28-12-4-11-24-3)13-15(22)14-19(26)21-17-5-6-20(27)23(17,2)10-8-18(21)22/h13,15,17-18,21,24-25H,4-12,14H2,1-3H3/t15?,17-,18-,21-,22-,23-/m0/s1. The summed E-state index contributed by atoms with van der Waals surface area (Å²) in [5.74, 6) is 1.92. The van der Waals surface area contributed by atoms with Gasteiger partial charge in [0.1, 0.15) is 11.6 Å². The molecule has 28 heavy (non-hydrogen) atoms. The summed E-state index contributed by atoms with van der Waals surface area (Å²) in [4.78, 5) is 31.4. The first kappa shape index (κ1) is 20.1. The average molecular weight is 389 g/mol. The van der Waals surface area contributed by atoms with E-state index in [4.69, 9.17) is 4.84 Å². The molecule has 4 aliphatic carbocycles. The van der Waals surface area contributed by atoms with E-state index in [1.165, 1.54) is 0 Å². The van der Waals surface area contributed by atoms with Gasteiger partial charge >= 0.3 is 0 Å². The van der Waals surface area contributed by atoms with Gasteiger partial charge in [-0.15, -0.1) is 0 Å². The lowest BCUT2D eigenvalue weighted by atomic mass is 9.45. The molecule has 6 atom stereocenters. The van der Waals surface area contributed by atoms with Gasteiger partial charge in [-0.1, -0.05) is 19.9 Å². The molecule has 0 radical (unpaired) electrons. The second-order valence-corrected chi connectivity index (χ2v) is 10.0. The third kappa shape index (κ3) is 3.15. The van der Waals surface area contributed by atoms with Gasteiger partial charge in [0.2, 0.25) is 0 Å². The SMILES string of the molecule is CNCCCONC1=CC2CC(=O)[C@@H]3[C@H](CC[C@]4(C)C(=O)CC[C@@H]34)[C@@]2(C)CC1. The quantitative estimate of drug-likeness (QED) is 0.539. The van der Waals surface area contributed by atoms with E-state index in [0.29, 0.717) is 42.9 Å². The minimum Gasteiger partial charge on any atom is -0.320 e. The van der Waals surface area contributed by atoms with Crippen LogP contribution in [0.25, 0.3) is 0 Å². The Kier molecular flexibility index (Phi) is 5.43. The van der Waals surface area contributed by atoms with Crippen LogP contribution in [0.2, 0.25) is 0 Å². The van der Waals surface area contributed by atoms with Gasteiger partial charge in [-0.2, -0.15) is 0 Å². The van der Waals surface area contributed by atoms with Gasteiger partial charge in [-0.05, 0) is 75.3 Å². The van der Waals surface area contributed by atoms with E-state index in [2.05, 4.69) is 30.7 Å². The van der Waals surface area contributed by atoms with Crippen LogP contribution < -0.4 is 10.8 Å². The Balaban J connectivity index is 1.48. The maximum Gasteiger partial charge on any atom is 0.139 e. The molecule has 5 heteroatoms. The van der Waals surface area contributed by atoms with E-state index in [1.807, 2.05) is 7.05 Å². The van der Waals surface area contributed by atoms with Crippen LogP contribution in [-0.4, -0.2) is 31.8 Å². The zero-order chi connectivity index (χ0) is 19.9. The van der Waals surface area contributed by atoms with Gasteiger partial charge in [0.15, 0.2) is 0 Å². The Bertz CT molecular complexity index is 675. The van der Waals surface area contributed by atoms with E-state index < -0.39 is 0 Å². The molecule has 1 unspecified atom stereocenters. The highest BCUT2D eigenvalue weighted by atomic mass is 16.6. The maximum absolute atomic E-state index is 13.3. The first-order chi connectivity index (χ1) is 13.4. The predicted octanol–water partition coefficient (Wildman–Crippen LogP) is 3.40. The van der Waals surface area contributed by atoms with Crippen LogP contribution in [0, 0.1) is 34.5 Å². The molecule has 5 nitrogen and oxygen atoms in total. The molecular formula is C23H36N2O3. The molecule has 0 aromatic carbocycles. The lowest BCUT2D eigenvalue weighted by molar-refractivity contribution is -0.152. The summed E-state index contributed by atoms with van der Waals surface area (Å²) in [6, 6.07) is 0. The molecular weight excluding hydrogens is 352 g/mol. The number of nitrogens with one attached hydrogen (secondary N) is 2. The van der Waals surface area contributed by atoms with E-state index in [-0.39, 0.29) is 22.7 Å². The first-order valence-electron chi connectivity index (χ1n) is 11.2. The third-order valence-electron chi connectivity index (χ3n) is 8.68. The van der Waals surface area contributed by atoms with Crippen molar-refractivity contribution in [2.24, 2.45) is 34.5 Å². The zero-order valence-corrected chi connectivity index (χ0v) is 17.7. The Hall–Kier alpha value is -1.20. The lowest BCUT2D eigenvalue weighted by Crippen LogP contribution is -2.56. The lowest BCUT2D eigenvalue weighted by Gasteiger charge is -2.57. The van der Waals surface area contributed by atoms with Gasteiger partial charge in [0.05, 0.1) is 6.61 Å². The molecule has 3 saturated carbocycles. The molecule has 4 aliphatic rings. The smallest absolute Gasteiger partial charge is 0.139 e. The zero-order valence-electron chi connectivity index (χ0n) is 17.7. The van der Waals surface area contributed by atoms with Crippen molar-refractivity contribution >= 4 is 11.6 Å². The molecule has 0 bridgehead atoms. The van der Waals surface area contributed by atoms with Crippen molar-refractivity contribution in [3.63, 3.8) is 0 Å². The summed E-state index contributed by atoms with van der Waals surface area (Å²) in [7, 11) is 1.95. The first-order valence-corrected chi connectivity index (χ1v) is 11.2. The summed E-state index contributed by atoms with van der Waals surface area (Å²) >= 11 is 0. The number of hydroxylamine groups is 1. The number of allylic oxidation sites excluding steroid dienone is 2. The average Bonchev–Trinajstić information content (AvgIpc) is 2.97. The van der Waals surface area contributed by atoms with Crippen LogP contribution in [-0.2, 0) is 14.4 Å². The van der Waals surface area contributed by atoms with Crippen molar-refractivity contribution in [2.75, 3.05) is 20.2 Å². The fraction of sp³-hybridized carbons (Fsp3) is 0.826. The summed E-state index contributed by atoms with van der Waals surface area (Å²) in [5, 5.41) is 3.12. The number of ketones is 2. The molecule has 4 rings (SSSR count). The molecule has 0 amide bonds. The van der Waals surface area contributed by atoms with Crippen molar-refractivity contribution in [3.05, 3.63) is 11.8 Å². The topological polar surface area (TPSA) is 67.4 Å². The number of rotatable bonds is 6. The molecule has 0 spiro atoms. The molecule has 0 aromatic heterocycles. The predicted molar refractivity (Wildman–Crippen MR) is 108 cm³/mol. The summed E-state index contributed by atoms with van der Waals surface area (Å²) < 4.78 is 0. The molecule has 156 valence electrons. The van der Waals surface area contributed by atoms with Crippen molar-refractivity contribution in [2.45, 2.75) is 65.2 Å². The van der Waals surface area contributed by atoms with Crippen LogP contribution in [0.3, 0.4) is 0 Å². The van der Waals surface area contributed by atoms with E-state index >= 15 is 0 Å². The summed E-state index contributed by atoms with van der Waals surface area (Å²) in [5.41, 5.74) is 4.21. The number of hydrogen-bond donors (Lipinski definition) is 2. The summed E-state index contributed by atoms with van der Waals surface area (Å²) in [6.45, 7) is 6.17. The molecule has 0 saturated heterocycles. The number of carbonyl (C=O) groups is 2. The number of fused-ring (bicyclic) bond motifs is 5. The summed E-state index contributed by atoms with van der Waals surface area (Å²) in [6.07, 6.45) is 9.56. The number of hydrogen-bond acceptors (Lipinski definition) is 5. The normalized spacial score (nSPS) is 42.5. The third-order valence-corrected chi connectivity index (χ3v) is 8.68. The minimum absolute atomic E-state index is 0.104. The van der Waals surface area contributed by atoms with Gasteiger partial charge in [-0.25, -0.2) is 0 Å². The van der Waals surface area contributed by atoms with Gasteiger partial charge in [0.25, 0.3) is 0 Å². The largest absolute Gasteiger partial charge is 0.320 e. The van der Waals surface area contributed by atoms with Gasteiger partial charge < -0.3 is 5.32 Å². The van der Waals surface area contributed by atoms with Crippen LogP contribution in [0.4, 0.5) is 0 Å². The number of Topliss-reactive ketones (excluding diaryl/α,β-unsaturated/α-hetero) is 2. The van der Waals surface area contributed by atoms with Crippen LogP contribution in [0.1, 0.15) is 65.2 Å². The highest BCUT2D eigenvalue weighted by molar-refractivity contribution is 5.90. The fourth-order valence-electron chi connectivity index (χ4n) is 6.86. The Morgan fingerprint density at radius 2 is 1.96 bits per heavy atom. The highest BCUT2D eigenvalue weighted by Crippen LogP contribution is 2.64. The molecule has 0 aliphatic heterocycles. The Morgan fingerprint density at radius 1 is 1.14 bits per heavy atom. The molecule has 0 heterocycles. The van der Waals surface area contributed by atoms with Gasteiger partial charge in [0, 0.05) is 29.9 Å². The molecule has 3 fully saturated rings. The second kappa shape index (κ2) is 7.56.